The first kappa shape index (κ1) is 17.9. The summed E-state index contributed by atoms with van der Waals surface area (Å²) in [5, 5.41) is 2.26. The Balaban J connectivity index is 2.02. The van der Waals surface area contributed by atoms with Gasteiger partial charge in [-0.05, 0) is 47.9 Å². The maximum Gasteiger partial charge on any atom is 0.418 e. The molecule has 134 valence electrons. The lowest BCUT2D eigenvalue weighted by Crippen LogP contribution is -2.24. The second kappa shape index (κ2) is 6.45. The number of nitrogens with one attached hydrogen (secondary N) is 2. The highest BCUT2D eigenvalue weighted by atomic mass is 35.5. The number of hydrogen-bond acceptors (Lipinski definition) is 2. The van der Waals surface area contributed by atoms with Gasteiger partial charge in [-0.1, -0.05) is 11.6 Å². The zero-order valence-electron chi connectivity index (χ0n) is 12.7. The fraction of sp³-hybridized carbons (Fsp3) is 0.0588. The van der Waals surface area contributed by atoms with Gasteiger partial charge in [-0.15, -0.1) is 0 Å². The van der Waals surface area contributed by atoms with Crippen molar-refractivity contribution >= 4 is 34.1 Å². The van der Waals surface area contributed by atoms with Crippen molar-refractivity contribution in [2.75, 3.05) is 5.32 Å². The van der Waals surface area contributed by atoms with Gasteiger partial charge in [0.05, 0.1) is 16.8 Å². The first-order chi connectivity index (χ1) is 12.1. The number of alkyl halides is 3. The average Bonchev–Trinajstić information content (AvgIpc) is 2.54. The van der Waals surface area contributed by atoms with Gasteiger partial charge in [0.1, 0.15) is 11.4 Å². The van der Waals surface area contributed by atoms with Gasteiger partial charge in [-0.25, -0.2) is 4.39 Å². The topological polar surface area (TPSA) is 62.0 Å². The smallest absolute Gasteiger partial charge is 0.321 e. The molecule has 3 aromatic rings. The van der Waals surface area contributed by atoms with E-state index in [1.54, 1.807) is 0 Å². The normalized spacial score (nSPS) is 11.6. The van der Waals surface area contributed by atoms with Crippen LogP contribution < -0.4 is 10.9 Å². The number of H-pyrrole nitrogens is 1. The van der Waals surface area contributed by atoms with Crippen LogP contribution in [0, 0.1) is 5.82 Å². The molecule has 1 heterocycles. The molecule has 0 fully saturated rings. The van der Waals surface area contributed by atoms with Gasteiger partial charge in [0.15, 0.2) is 0 Å². The number of carbonyl (C=O) groups is 1. The number of aromatic nitrogens is 1. The molecule has 9 heteroatoms. The molecule has 0 radical (unpaired) electrons. The number of rotatable bonds is 2. The molecule has 4 nitrogen and oxygen atoms in total. The van der Waals surface area contributed by atoms with Gasteiger partial charge in [-0.3, -0.25) is 9.59 Å². The molecule has 0 aliphatic heterocycles. The zero-order chi connectivity index (χ0) is 19.1. The maximum absolute atomic E-state index is 13.2. The molecule has 0 bridgehead atoms. The van der Waals surface area contributed by atoms with E-state index in [0.717, 1.165) is 18.2 Å². The molecule has 2 aromatic carbocycles. The largest absolute Gasteiger partial charge is 0.418 e. The molecule has 0 aliphatic carbocycles. The van der Waals surface area contributed by atoms with E-state index in [4.69, 9.17) is 11.6 Å². The number of anilines is 1. The monoisotopic (exact) mass is 384 g/mol. The first-order valence-corrected chi connectivity index (χ1v) is 7.53. The number of fused-ring (bicyclic) bond motifs is 1. The van der Waals surface area contributed by atoms with Crippen LogP contribution in [0.1, 0.15) is 15.9 Å². The lowest BCUT2D eigenvalue weighted by atomic mass is 10.1. The Labute approximate surface area is 148 Å². The SMILES string of the molecule is O=C(Nc1ccc(Cl)cc1C(F)(F)F)c1cc2ccc(F)cc2[nH]c1=O. The lowest BCUT2D eigenvalue weighted by molar-refractivity contribution is -0.136. The fourth-order valence-corrected chi connectivity index (χ4v) is 2.56. The second-order valence-electron chi connectivity index (χ2n) is 5.39. The highest BCUT2D eigenvalue weighted by Crippen LogP contribution is 2.36. The Morgan fingerprint density at radius 1 is 1.08 bits per heavy atom. The summed E-state index contributed by atoms with van der Waals surface area (Å²) in [5.74, 6) is -1.62. The number of benzene rings is 2. The molecule has 0 spiro atoms. The molecule has 2 N–H and O–H groups in total. The van der Waals surface area contributed by atoms with Crippen LogP contribution in [0.15, 0.2) is 47.3 Å². The van der Waals surface area contributed by atoms with E-state index < -0.39 is 40.3 Å². The van der Waals surface area contributed by atoms with Crippen LogP contribution in [0.4, 0.5) is 23.2 Å². The van der Waals surface area contributed by atoms with E-state index in [0.29, 0.717) is 11.5 Å². The van der Waals surface area contributed by atoms with E-state index >= 15 is 0 Å². The van der Waals surface area contributed by atoms with Crippen LogP contribution in [-0.4, -0.2) is 10.9 Å². The number of aromatic amines is 1. The number of pyridine rings is 1. The van der Waals surface area contributed by atoms with E-state index in [-0.39, 0.29) is 10.5 Å². The Morgan fingerprint density at radius 3 is 2.50 bits per heavy atom. The molecule has 0 saturated heterocycles. The minimum absolute atomic E-state index is 0.152. The fourth-order valence-electron chi connectivity index (χ4n) is 2.39. The van der Waals surface area contributed by atoms with Crippen molar-refractivity contribution in [3.63, 3.8) is 0 Å². The average molecular weight is 385 g/mol. The van der Waals surface area contributed by atoms with E-state index in [1.165, 1.54) is 18.2 Å². The van der Waals surface area contributed by atoms with Gasteiger partial charge in [0, 0.05) is 5.02 Å². The minimum Gasteiger partial charge on any atom is -0.321 e. The Bertz CT molecular complexity index is 1080. The molecule has 0 unspecified atom stereocenters. The summed E-state index contributed by atoms with van der Waals surface area (Å²) in [6.07, 6.45) is -4.75. The zero-order valence-corrected chi connectivity index (χ0v) is 13.5. The number of hydrogen-bond donors (Lipinski definition) is 2. The summed E-state index contributed by atoms with van der Waals surface area (Å²) >= 11 is 5.58. The maximum atomic E-state index is 13.2. The van der Waals surface area contributed by atoms with E-state index in [9.17, 15) is 27.2 Å². The quantitative estimate of drug-likeness (QED) is 0.635. The van der Waals surface area contributed by atoms with Crippen molar-refractivity contribution in [2.24, 2.45) is 0 Å². The molecule has 3 rings (SSSR count). The third kappa shape index (κ3) is 3.55. The Morgan fingerprint density at radius 2 is 1.81 bits per heavy atom. The number of halogens is 5. The van der Waals surface area contributed by atoms with Gasteiger partial charge in [0.25, 0.3) is 11.5 Å². The molecule has 0 aliphatic rings. The molecule has 0 saturated carbocycles. The Hall–Kier alpha value is -2.87. The number of amides is 1. The van der Waals surface area contributed by atoms with Gasteiger partial charge >= 0.3 is 6.18 Å². The van der Waals surface area contributed by atoms with E-state index in [2.05, 4.69) is 10.3 Å². The molecule has 1 amide bonds. The van der Waals surface area contributed by atoms with Crippen LogP contribution in [0.25, 0.3) is 10.9 Å². The summed E-state index contributed by atoms with van der Waals surface area (Å²) in [6.45, 7) is 0. The van der Waals surface area contributed by atoms with Crippen molar-refractivity contribution in [2.45, 2.75) is 6.18 Å². The summed E-state index contributed by atoms with van der Waals surface area (Å²) in [7, 11) is 0. The third-order valence-electron chi connectivity index (χ3n) is 3.59. The minimum atomic E-state index is -4.75. The standard InChI is InChI=1S/C17H9ClF4N2O2/c18-9-2-4-13(12(6-9)17(20,21)22)23-15(25)11-5-8-1-3-10(19)7-14(8)24-16(11)26/h1-7H,(H,23,25)(H,24,26). The van der Waals surface area contributed by atoms with Crippen molar-refractivity contribution in [3.8, 4) is 0 Å². The highest BCUT2D eigenvalue weighted by Gasteiger charge is 2.34. The highest BCUT2D eigenvalue weighted by molar-refractivity contribution is 6.30. The predicted octanol–water partition coefficient (Wildman–Crippen LogP) is 4.59. The predicted molar refractivity (Wildman–Crippen MR) is 88.9 cm³/mol. The lowest BCUT2D eigenvalue weighted by Gasteiger charge is -2.14. The molecular formula is C17H9ClF4N2O2. The van der Waals surface area contributed by atoms with Crippen molar-refractivity contribution in [1.29, 1.82) is 0 Å². The summed E-state index contributed by atoms with van der Waals surface area (Å²) in [5.41, 5.74) is -2.78. The first-order valence-electron chi connectivity index (χ1n) is 7.16. The van der Waals surface area contributed by atoms with Crippen LogP contribution in [0.5, 0.6) is 0 Å². The van der Waals surface area contributed by atoms with Crippen LogP contribution in [0.2, 0.25) is 5.02 Å². The van der Waals surface area contributed by atoms with E-state index in [1.807, 2.05) is 0 Å². The van der Waals surface area contributed by atoms with Crippen molar-refractivity contribution in [3.05, 3.63) is 74.8 Å². The van der Waals surface area contributed by atoms with Crippen LogP contribution >= 0.6 is 11.6 Å². The van der Waals surface area contributed by atoms with Crippen LogP contribution in [0.3, 0.4) is 0 Å². The molecular weight excluding hydrogens is 376 g/mol. The van der Waals surface area contributed by atoms with Crippen molar-refractivity contribution in [1.82, 2.24) is 4.98 Å². The molecule has 0 atom stereocenters. The van der Waals surface area contributed by atoms with Gasteiger partial charge in [0.2, 0.25) is 0 Å². The third-order valence-corrected chi connectivity index (χ3v) is 3.82. The number of carbonyl (C=O) groups excluding carboxylic acids is 1. The van der Waals surface area contributed by atoms with Gasteiger partial charge in [-0.2, -0.15) is 13.2 Å². The molecule has 1 aromatic heterocycles. The second-order valence-corrected chi connectivity index (χ2v) is 5.82. The Kier molecular flexibility index (Phi) is 4.45. The summed E-state index contributed by atoms with van der Waals surface area (Å²) in [4.78, 5) is 26.7. The van der Waals surface area contributed by atoms with Crippen molar-refractivity contribution < 1.29 is 22.4 Å². The molecule has 26 heavy (non-hydrogen) atoms. The summed E-state index contributed by atoms with van der Waals surface area (Å²) < 4.78 is 52.5. The summed E-state index contributed by atoms with van der Waals surface area (Å²) in [6, 6.07) is 7.55. The van der Waals surface area contributed by atoms with Gasteiger partial charge < -0.3 is 10.3 Å². The van der Waals surface area contributed by atoms with Crippen LogP contribution in [-0.2, 0) is 6.18 Å².